The van der Waals surface area contributed by atoms with E-state index in [-0.39, 0.29) is 0 Å². The molecule has 0 aromatic rings. The molecule has 94 valence electrons. The van der Waals surface area contributed by atoms with E-state index >= 15 is 0 Å². The molecule has 2 aliphatic heterocycles. The Morgan fingerprint density at radius 2 is 2.19 bits per heavy atom. The molecule has 0 aromatic carbocycles. The highest BCUT2D eigenvalue weighted by atomic mass is 16.5. The Morgan fingerprint density at radius 3 is 2.88 bits per heavy atom. The van der Waals surface area contributed by atoms with Gasteiger partial charge in [0.15, 0.2) is 0 Å². The van der Waals surface area contributed by atoms with Gasteiger partial charge >= 0.3 is 0 Å². The van der Waals surface area contributed by atoms with E-state index in [0.29, 0.717) is 18.1 Å². The maximum absolute atomic E-state index is 5.65. The van der Waals surface area contributed by atoms with Gasteiger partial charge in [-0.15, -0.1) is 0 Å². The molecule has 2 fully saturated rings. The van der Waals surface area contributed by atoms with E-state index in [1.54, 1.807) is 0 Å². The largest absolute Gasteiger partial charge is 0.379 e. The van der Waals surface area contributed by atoms with Gasteiger partial charge in [0.05, 0.1) is 19.3 Å². The summed E-state index contributed by atoms with van der Waals surface area (Å²) in [5.74, 6) is 0.622. The standard InChI is InChI=1S/C12H24N2O2/c1-13-12-9-15-8-10(12)6-14(2)7-11-4-3-5-16-11/h10-13H,3-9H2,1-2H3. The van der Waals surface area contributed by atoms with Crippen molar-refractivity contribution in [2.24, 2.45) is 5.92 Å². The van der Waals surface area contributed by atoms with E-state index in [2.05, 4.69) is 17.3 Å². The molecule has 4 heteroatoms. The lowest BCUT2D eigenvalue weighted by atomic mass is 10.0. The van der Waals surface area contributed by atoms with Crippen LogP contribution in [0.5, 0.6) is 0 Å². The Balaban J connectivity index is 1.71. The van der Waals surface area contributed by atoms with Crippen LogP contribution in [-0.4, -0.2) is 64.1 Å². The third-order valence-corrected chi connectivity index (χ3v) is 3.65. The Morgan fingerprint density at radius 1 is 1.31 bits per heavy atom. The summed E-state index contributed by atoms with van der Waals surface area (Å²) >= 11 is 0. The second kappa shape index (κ2) is 5.96. The first-order valence-corrected chi connectivity index (χ1v) is 6.34. The summed E-state index contributed by atoms with van der Waals surface area (Å²) in [6, 6.07) is 0.520. The summed E-state index contributed by atoms with van der Waals surface area (Å²) < 4.78 is 11.2. The molecule has 2 rings (SSSR count). The number of nitrogens with one attached hydrogen (secondary N) is 1. The van der Waals surface area contributed by atoms with Gasteiger partial charge in [0.2, 0.25) is 0 Å². The fourth-order valence-corrected chi connectivity index (χ4v) is 2.71. The van der Waals surface area contributed by atoms with Crippen LogP contribution >= 0.6 is 0 Å². The van der Waals surface area contributed by atoms with Gasteiger partial charge in [0, 0.05) is 31.7 Å². The van der Waals surface area contributed by atoms with E-state index < -0.39 is 0 Å². The first kappa shape index (κ1) is 12.3. The molecule has 3 unspecified atom stereocenters. The molecule has 1 N–H and O–H groups in total. The van der Waals surface area contributed by atoms with Crippen LogP contribution < -0.4 is 5.32 Å². The Bertz CT molecular complexity index is 207. The molecule has 0 aliphatic carbocycles. The Labute approximate surface area is 98.3 Å². The van der Waals surface area contributed by atoms with Crippen molar-refractivity contribution in [1.29, 1.82) is 0 Å². The van der Waals surface area contributed by atoms with Crippen LogP contribution in [0, 0.1) is 5.92 Å². The lowest BCUT2D eigenvalue weighted by molar-refractivity contribution is 0.0746. The van der Waals surface area contributed by atoms with Crippen LogP contribution in [0.3, 0.4) is 0 Å². The number of hydrogen-bond donors (Lipinski definition) is 1. The summed E-state index contributed by atoms with van der Waals surface area (Å²) in [6.45, 7) is 4.86. The third-order valence-electron chi connectivity index (χ3n) is 3.65. The van der Waals surface area contributed by atoms with E-state index in [4.69, 9.17) is 9.47 Å². The van der Waals surface area contributed by atoms with Gasteiger partial charge in [-0.05, 0) is 26.9 Å². The van der Waals surface area contributed by atoms with E-state index in [1.165, 1.54) is 12.8 Å². The predicted molar refractivity (Wildman–Crippen MR) is 63.6 cm³/mol. The molecule has 0 bridgehead atoms. The van der Waals surface area contributed by atoms with E-state index in [1.807, 2.05) is 7.05 Å². The summed E-state index contributed by atoms with van der Waals surface area (Å²) in [4.78, 5) is 2.39. The van der Waals surface area contributed by atoms with Gasteiger partial charge in [0.25, 0.3) is 0 Å². The molecule has 2 saturated heterocycles. The zero-order chi connectivity index (χ0) is 11.4. The van der Waals surface area contributed by atoms with Gasteiger partial charge in [-0.1, -0.05) is 0 Å². The first-order chi connectivity index (χ1) is 7.79. The topological polar surface area (TPSA) is 33.7 Å². The molecule has 0 radical (unpaired) electrons. The Kier molecular flexibility index (Phi) is 4.58. The van der Waals surface area contributed by atoms with Gasteiger partial charge in [0.1, 0.15) is 0 Å². The van der Waals surface area contributed by atoms with Crippen LogP contribution in [0.25, 0.3) is 0 Å². The number of likely N-dealkylation sites (N-methyl/N-ethyl adjacent to an activating group) is 2. The van der Waals surface area contributed by atoms with Crippen LogP contribution in [0.4, 0.5) is 0 Å². The van der Waals surface area contributed by atoms with Crippen LogP contribution in [-0.2, 0) is 9.47 Å². The molecule has 3 atom stereocenters. The van der Waals surface area contributed by atoms with Gasteiger partial charge in [-0.3, -0.25) is 0 Å². The number of rotatable bonds is 5. The highest BCUT2D eigenvalue weighted by Crippen LogP contribution is 2.17. The molecule has 4 nitrogen and oxygen atoms in total. The Hall–Kier alpha value is -0.160. The summed E-state index contributed by atoms with van der Waals surface area (Å²) in [6.07, 6.45) is 2.91. The highest BCUT2D eigenvalue weighted by molar-refractivity contribution is 4.82. The van der Waals surface area contributed by atoms with Crippen LogP contribution in [0.2, 0.25) is 0 Å². The summed E-state index contributed by atoms with van der Waals surface area (Å²) in [7, 11) is 4.21. The molecule has 0 amide bonds. The van der Waals surface area contributed by atoms with Gasteiger partial charge < -0.3 is 19.7 Å². The van der Waals surface area contributed by atoms with Crippen molar-refractivity contribution >= 4 is 0 Å². The minimum absolute atomic E-state index is 0.459. The molecular weight excluding hydrogens is 204 g/mol. The molecule has 2 heterocycles. The lowest BCUT2D eigenvalue weighted by Gasteiger charge is -2.25. The van der Waals surface area contributed by atoms with Crippen molar-refractivity contribution in [2.45, 2.75) is 25.0 Å². The summed E-state index contributed by atoms with van der Waals surface area (Å²) in [5, 5.41) is 3.33. The van der Waals surface area contributed by atoms with Crippen molar-refractivity contribution in [3.63, 3.8) is 0 Å². The lowest BCUT2D eigenvalue weighted by Crippen LogP contribution is -2.41. The molecule has 0 aromatic heterocycles. The maximum Gasteiger partial charge on any atom is 0.0702 e. The smallest absolute Gasteiger partial charge is 0.0702 e. The molecule has 0 saturated carbocycles. The quantitative estimate of drug-likeness (QED) is 0.735. The minimum atomic E-state index is 0.459. The normalized spacial score (nSPS) is 35.1. The molecule has 2 aliphatic rings. The summed E-state index contributed by atoms with van der Waals surface area (Å²) in [5.41, 5.74) is 0. The van der Waals surface area contributed by atoms with Crippen LogP contribution in [0.1, 0.15) is 12.8 Å². The number of hydrogen-bond acceptors (Lipinski definition) is 4. The SMILES string of the molecule is CNC1COCC1CN(C)CC1CCCO1. The highest BCUT2D eigenvalue weighted by Gasteiger charge is 2.28. The van der Waals surface area contributed by atoms with Crippen molar-refractivity contribution < 1.29 is 9.47 Å². The van der Waals surface area contributed by atoms with Crippen molar-refractivity contribution in [2.75, 3.05) is 47.0 Å². The second-order valence-electron chi connectivity index (χ2n) is 5.05. The fraction of sp³-hybridized carbons (Fsp3) is 1.00. The number of ether oxygens (including phenoxy) is 2. The van der Waals surface area contributed by atoms with Gasteiger partial charge in [-0.25, -0.2) is 0 Å². The predicted octanol–water partition coefficient (Wildman–Crippen LogP) is 0.332. The third kappa shape index (κ3) is 3.17. The monoisotopic (exact) mass is 228 g/mol. The molecular formula is C12H24N2O2. The van der Waals surface area contributed by atoms with Crippen molar-refractivity contribution in [3.8, 4) is 0 Å². The van der Waals surface area contributed by atoms with Gasteiger partial charge in [-0.2, -0.15) is 0 Å². The minimum Gasteiger partial charge on any atom is -0.379 e. The van der Waals surface area contributed by atoms with Crippen molar-refractivity contribution in [1.82, 2.24) is 10.2 Å². The average molecular weight is 228 g/mol. The maximum atomic E-state index is 5.65. The zero-order valence-corrected chi connectivity index (χ0v) is 10.4. The first-order valence-electron chi connectivity index (χ1n) is 6.34. The molecule has 16 heavy (non-hydrogen) atoms. The molecule has 0 spiro atoms. The number of nitrogens with zero attached hydrogens (tertiary/aromatic N) is 1. The fourth-order valence-electron chi connectivity index (χ4n) is 2.71. The van der Waals surface area contributed by atoms with Crippen molar-refractivity contribution in [3.05, 3.63) is 0 Å². The van der Waals surface area contributed by atoms with E-state index in [0.717, 1.165) is 32.9 Å². The second-order valence-corrected chi connectivity index (χ2v) is 5.05. The van der Waals surface area contributed by atoms with Crippen LogP contribution in [0.15, 0.2) is 0 Å². The van der Waals surface area contributed by atoms with E-state index in [9.17, 15) is 0 Å². The zero-order valence-electron chi connectivity index (χ0n) is 10.4. The average Bonchev–Trinajstić information content (AvgIpc) is 2.88.